The van der Waals surface area contributed by atoms with Gasteiger partial charge >= 0.3 is 5.97 Å². The maximum absolute atomic E-state index is 11.5. The third-order valence-corrected chi connectivity index (χ3v) is 3.20. The largest absolute Gasteiger partial charge is 0.468 e. The summed E-state index contributed by atoms with van der Waals surface area (Å²) in [5, 5.41) is 3.40. The molecule has 88 valence electrons. The van der Waals surface area contributed by atoms with E-state index < -0.39 is 5.54 Å². The molecule has 0 aromatic carbocycles. The van der Waals surface area contributed by atoms with E-state index >= 15 is 0 Å². The minimum Gasteiger partial charge on any atom is -0.468 e. The van der Waals surface area contributed by atoms with Gasteiger partial charge in [-0.05, 0) is 32.6 Å². The average molecular weight is 213 g/mol. The van der Waals surface area contributed by atoms with Gasteiger partial charge in [-0.15, -0.1) is 0 Å². The Balaban J connectivity index is 2.49. The van der Waals surface area contributed by atoms with Gasteiger partial charge in [-0.1, -0.05) is 19.8 Å². The van der Waals surface area contributed by atoms with Gasteiger partial charge in [-0.2, -0.15) is 0 Å². The third kappa shape index (κ3) is 3.49. The van der Waals surface area contributed by atoms with Crippen LogP contribution in [0.25, 0.3) is 0 Å². The van der Waals surface area contributed by atoms with Crippen LogP contribution in [0.3, 0.4) is 0 Å². The molecule has 0 amide bonds. The quantitative estimate of drug-likeness (QED) is 0.730. The van der Waals surface area contributed by atoms with Crippen LogP contribution in [-0.2, 0) is 9.53 Å². The lowest BCUT2D eigenvalue weighted by Gasteiger charge is -2.34. The van der Waals surface area contributed by atoms with Gasteiger partial charge in [0.1, 0.15) is 5.54 Å². The fraction of sp³-hybridized carbons (Fsp3) is 0.917. The summed E-state index contributed by atoms with van der Waals surface area (Å²) in [6, 6.07) is 0.461. The van der Waals surface area contributed by atoms with Crippen molar-refractivity contribution in [3.05, 3.63) is 0 Å². The molecular formula is C12H23NO2. The van der Waals surface area contributed by atoms with Gasteiger partial charge in [0, 0.05) is 6.04 Å². The van der Waals surface area contributed by atoms with E-state index in [0.29, 0.717) is 6.04 Å². The summed E-state index contributed by atoms with van der Waals surface area (Å²) in [7, 11) is 1.44. The number of nitrogens with one attached hydrogen (secondary N) is 1. The van der Waals surface area contributed by atoms with E-state index in [1.807, 2.05) is 13.8 Å². The molecule has 15 heavy (non-hydrogen) atoms. The molecule has 1 fully saturated rings. The van der Waals surface area contributed by atoms with E-state index in [-0.39, 0.29) is 5.97 Å². The van der Waals surface area contributed by atoms with Crippen LogP contribution < -0.4 is 5.32 Å². The van der Waals surface area contributed by atoms with Gasteiger partial charge in [0.2, 0.25) is 0 Å². The van der Waals surface area contributed by atoms with Gasteiger partial charge in [-0.25, -0.2) is 0 Å². The molecular weight excluding hydrogens is 190 g/mol. The Morgan fingerprint density at radius 3 is 2.60 bits per heavy atom. The number of hydrogen-bond donors (Lipinski definition) is 1. The molecule has 2 unspecified atom stereocenters. The number of rotatable bonds is 3. The average Bonchev–Trinajstić information content (AvgIpc) is 2.15. The highest BCUT2D eigenvalue weighted by Crippen LogP contribution is 2.25. The summed E-state index contributed by atoms with van der Waals surface area (Å²) >= 11 is 0. The first-order valence-electron chi connectivity index (χ1n) is 5.82. The number of methoxy groups -OCH3 is 1. The Kier molecular flexibility index (Phi) is 4.14. The Hall–Kier alpha value is -0.570. The van der Waals surface area contributed by atoms with Gasteiger partial charge in [0.15, 0.2) is 0 Å². The minimum absolute atomic E-state index is 0.180. The van der Waals surface area contributed by atoms with Crippen molar-refractivity contribution >= 4 is 5.97 Å². The van der Waals surface area contributed by atoms with Crippen molar-refractivity contribution in [2.45, 2.75) is 58.0 Å². The molecule has 0 radical (unpaired) electrons. The Morgan fingerprint density at radius 2 is 2.07 bits per heavy atom. The van der Waals surface area contributed by atoms with Crippen LogP contribution in [0.4, 0.5) is 0 Å². The second kappa shape index (κ2) is 4.97. The minimum atomic E-state index is -0.559. The van der Waals surface area contributed by atoms with Crippen LogP contribution in [0.1, 0.15) is 46.5 Å². The van der Waals surface area contributed by atoms with Gasteiger partial charge in [0.25, 0.3) is 0 Å². The SMILES string of the molecule is COC(=O)C(C)(C)NC1CCCC(C)C1. The van der Waals surface area contributed by atoms with Crippen LogP contribution in [0.15, 0.2) is 0 Å². The standard InChI is InChI=1S/C12H23NO2/c1-9-6-5-7-10(8-9)13-12(2,3)11(14)15-4/h9-10,13H,5-8H2,1-4H3. The zero-order chi connectivity index (χ0) is 11.5. The summed E-state index contributed by atoms with van der Waals surface area (Å²) in [6.07, 6.45) is 4.91. The lowest BCUT2D eigenvalue weighted by molar-refractivity contribution is -0.147. The first-order chi connectivity index (χ1) is 6.95. The summed E-state index contributed by atoms with van der Waals surface area (Å²) in [5.41, 5.74) is -0.559. The number of ether oxygens (including phenoxy) is 1. The maximum atomic E-state index is 11.5. The molecule has 1 N–H and O–H groups in total. The highest BCUT2D eigenvalue weighted by molar-refractivity contribution is 5.79. The highest BCUT2D eigenvalue weighted by atomic mass is 16.5. The predicted molar refractivity (Wildman–Crippen MR) is 60.7 cm³/mol. The summed E-state index contributed by atoms with van der Waals surface area (Å²) in [6.45, 7) is 6.05. The van der Waals surface area contributed by atoms with E-state index in [2.05, 4.69) is 12.2 Å². The molecule has 1 rings (SSSR count). The van der Waals surface area contributed by atoms with Gasteiger partial charge in [-0.3, -0.25) is 10.1 Å². The Labute approximate surface area is 92.6 Å². The van der Waals surface area contributed by atoms with Crippen LogP contribution in [-0.4, -0.2) is 24.7 Å². The van der Waals surface area contributed by atoms with Crippen LogP contribution >= 0.6 is 0 Å². The number of carbonyl (C=O) groups is 1. The molecule has 0 aromatic heterocycles. The molecule has 0 spiro atoms. The third-order valence-electron chi connectivity index (χ3n) is 3.20. The van der Waals surface area contributed by atoms with Crippen molar-refractivity contribution in [1.29, 1.82) is 0 Å². The van der Waals surface area contributed by atoms with Crippen LogP contribution in [0, 0.1) is 5.92 Å². The Morgan fingerprint density at radius 1 is 1.40 bits per heavy atom. The van der Waals surface area contributed by atoms with E-state index in [4.69, 9.17) is 4.74 Å². The zero-order valence-electron chi connectivity index (χ0n) is 10.3. The first kappa shape index (κ1) is 12.5. The second-order valence-corrected chi connectivity index (χ2v) is 5.23. The molecule has 1 saturated carbocycles. The highest BCUT2D eigenvalue weighted by Gasteiger charge is 2.32. The molecule has 1 aliphatic rings. The topological polar surface area (TPSA) is 38.3 Å². The van der Waals surface area contributed by atoms with E-state index in [1.54, 1.807) is 0 Å². The van der Waals surface area contributed by atoms with Gasteiger partial charge in [0.05, 0.1) is 7.11 Å². The Bertz CT molecular complexity index is 226. The van der Waals surface area contributed by atoms with Crippen molar-refractivity contribution in [2.24, 2.45) is 5.92 Å². The maximum Gasteiger partial charge on any atom is 0.325 e. The molecule has 3 nitrogen and oxygen atoms in total. The number of esters is 1. The van der Waals surface area contributed by atoms with Crippen molar-refractivity contribution in [3.63, 3.8) is 0 Å². The monoisotopic (exact) mass is 213 g/mol. The molecule has 2 atom stereocenters. The smallest absolute Gasteiger partial charge is 0.325 e. The summed E-state index contributed by atoms with van der Waals surface area (Å²) in [4.78, 5) is 11.5. The fourth-order valence-electron chi connectivity index (χ4n) is 2.39. The van der Waals surface area contributed by atoms with Crippen LogP contribution in [0.2, 0.25) is 0 Å². The zero-order valence-corrected chi connectivity index (χ0v) is 10.3. The molecule has 0 saturated heterocycles. The summed E-state index contributed by atoms with van der Waals surface area (Å²) in [5.74, 6) is 0.588. The fourth-order valence-corrected chi connectivity index (χ4v) is 2.39. The van der Waals surface area contributed by atoms with E-state index in [0.717, 1.165) is 5.92 Å². The molecule has 0 aromatic rings. The predicted octanol–water partition coefficient (Wildman–Crippen LogP) is 2.11. The molecule has 1 aliphatic carbocycles. The molecule has 0 aliphatic heterocycles. The normalized spacial score (nSPS) is 27.5. The van der Waals surface area contributed by atoms with Crippen molar-refractivity contribution in [1.82, 2.24) is 5.32 Å². The molecule has 0 bridgehead atoms. The van der Waals surface area contributed by atoms with Crippen LogP contribution in [0.5, 0.6) is 0 Å². The summed E-state index contributed by atoms with van der Waals surface area (Å²) < 4.78 is 4.78. The number of hydrogen-bond acceptors (Lipinski definition) is 3. The van der Waals surface area contributed by atoms with Crippen molar-refractivity contribution in [3.8, 4) is 0 Å². The van der Waals surface area contributed by atoms with Gasteiger partial charge < -0.3 is 4.74 Å². The van der Waals surface area contributed by atoms with Crippen molar-refractivity contribution in [2.75, 3.05) is 7.11 Å². The van der Waals surface area contributed by atoms with E-state index in [1.165, 1.54) is 32.8 Å². The first-order valence-corrected chi connectivity index (χ1v) is 5.82. The lowest BCUT2D eigenvalue weighted by Crippen LogP contribution is -2.53. The molecule has 0 heterocycles. The number of carbonyl (C=O) groups excluding carboxylic acids is 1. The van der Waals surface area contributed by atoms with Crippen molar-refractivity contribution < 1.29 is 9.53 Å². The van der Waals surface area contributed by atoms with E-state index in [9.17, 15) is 4.79 Å². The molecule has 3 heteroatoms. The lowest BCUT2D eigenvalue weighted by atomic mass is 9.86. The second-order valence-electron chi connectivity index (χ2n) is 5.23.